The lowest BCUT2D eigenvalue weighted by molar-refractivity contribution is -0.154. The van der Waals surface area contributed by atoms with Crippen molar-refractivity contribution in [2.45, 2.75) is 39.2 Å². The van der Waals surface area contributed by atoms with Gasteiger partial charge in [-0.2, -0.15) is 0 Å². The number of hydrogen-bond donors (Lipinski definition) is 1. The monoisotopic (exact) mass is 255 g/mol. The Morgan fingerprint density at radius 1 is 1.39 bits per heavy atom. The van der Waals surface area contributed by atoms with Gasteiger partial charge in [-0.1, -0.05) is 12.5 Å². The molecule has 0 aliphatic carbocycles. The van der Waals surface area contributed by atoms with E-state index < -0.39 is 5.54 Å². The van der Waals surface area contributed by atoms with E-state index in [0.29, 0.717) is 19.8 Å². The Hall–Kier alpha value is -1.36. The van der Waals surface area contributed by atoms with Gasteiger partial charge in [0, 0.05) is 6.08 Å². The lowest BCUT2D eigenvalue weighted by atomic mass is 9.93. The summed E-state index contributed by atoms with van der Waals surface area (Å²) in [5, 5.41) is 2.84. The number of carbonyl (C=O) groups is 2. The van der Waals surface area contributed by atoms with Crippen LogP contribution in [0, 0.1) is 0 Å². The number of esters is 1. The molecule has 5 heteroatoms. The summed E-state index contributed by atoms with van der Waals surface area (Å²) in [7, 11) is 0. The normalized spacial score (nSPS) is 17.8. The summed E-state index contributed by atoms with van der Waals surface area (Å²) in [6.07, 6.45) is 2.55. The van der Waals surface area contributed by atoms with Crippen molar-refractivity contribution in [3.63, 3.8) is 0 Å². The van der Waals surface area contributed by atoms with Crippen molar-refractivity contribution in [3.05, 3.63) is 11.6 Å². The van der Waals surface area contributed by atoms with Crippen LogP contribution in [-0.4, -0.2) is 37.2 Å². The van der Waals surface area contributed by atoms with Gasteiger partial charge in [0.25, 0.3) is 0 Å². The molecule has 1 amide bonds. The topological polar surface area (TPSA) is 64.6 Å². The number of carbonyl (C=O) groups excluding carboxylic acids is 2. The van der Waals surface area contributed by atoms with Crippen LogP contribution < -0.4 is 5.32 Å². The lowest BCUT2D eigenvalue weighted by Crippen LogP contribution is -2.63. The highest BCUT2D eigenvalue weighted by molar-refractivity contribution is 5.89. The average molecular weight is 255 g/mol. The van der Waals surface area contributed by atoms with E-state index in [0.717, 1.165) is 12.0 Å². The van der Waals surface area contributed by atoms with E-state index in [-0.39, 0.29) is 18.3 Å². The van der Waals surface area contributed by atoms with E-state index in [1.165, 1.54) is 0 Å². The molecule has 102 valence electrons. The Kier molecular flexibility index (Phi) is 5.34. The highest BCUT2D eigenvalue weighted by Crippen LogP contribution is 2.22. The Bertz CT molecular complexity index is 345. The fourth-order valence-corrected chi connectivity index (χ4v) is 1.68. The first-order valence-corrected chi connectivity index (χ1v) is 6.24. The summed E-state index contributed by atoms with van der Waals surface area (Å²) in [6.45, 7) is 6.70. The molecule has 1 N–H and O–H groups in total. The molecule has 0 atom stereocenters. The van der Waals surface area contributed by atoms with Crippen LogP contribution in [0.3, 0.4) is 0 Å². The van der Waals surface area contributed by atoms with Gasteiger partial charge in [0.2, 0.25) is 5.91 Å². The fraction of sp³-hybridized carbons (Fsp3) is 0.692. The highest BCUT2D eigenvalue weighted by atomic mass is 16.5. The van der Waals surface area contributed by atoms with E-state index >= 15 is 0 Å². The fourth-order valence-electron chi connectivity index (χ4n) is 1.68. The van der Waals surface area contributed by atoms with Crippen molar-refractivity contribution in [3.8, 4) is 0 Å². The average Bonchev–Trinajstić information content (AvgIpc) is 2.26. The molecule has 1 rings (SSSR count). The van der Waals surface area contributed by atoms with Crippen molar-refractivity contribution >= 4 is 11.9 Å². The number of ether oxygens (including phenoxy) is 2. The molecule has 1 saturated heterocycles. The number of rotatable bonds is 6. The minimum absolute atomic E-state index is 0.158. The molecule has 18 heavy (non-hydrogen) atoms. The minimum Gasteiger partial charge on any atom is -0.466 e. The minimum atomic E-state index is -0.589. The molecule has 0 spiro atoms. The van der Waals surface area contributed by atoms with Crippen LogP contribution >= 0.6 is 0 Å². The molecule has 1 heterocycles. The van der Waals surface area contributed by atoms with Crippen molar-refractivity contribution in [2.75, 3.05) is 19.8 Å². The molecule has 0 aromatic rings. The molecule has 0 aromatic heterocycles. The van der Waals surface area contributed by atoms with Crippen molar-refractivity contribution < 1.29 is 19.1 Å². The zero-order valence-corrected chi connectivity index (χ0v) is 11.2. The van der Waals surface area contributed by atoms with Crippen molar-refractivity contribution in [2.24, 2.45) is 0 Å². The molecule has 1 aliphatic heterocycles. The predicted molar refractivity (Wildman–Crippen MR) is 67.0 cm³/mol. The van der Waals surface area contributed by atoms with Crippen molar-refractivity contribution in [1.82, 2.24) is 5.32 Å². The summed E-state index contributed by atoms with van der Waals surface area (Å²) >= 11 is 0. The molecule has 1 aliphatic rings. The predicted octanol–water partition coefficient (Wildman–Crippen LogP) is 1.18. The van der Waals surface area contributed by atoms with E-state index in [1.807, 2.05) is 13.8 Å². The first-order valence-electron chi connectivity index (χ1n) is 6.24. The van der Waals surface area contributed by atoms with Gasteiger partial charge >= 0.3 is 5.97 Å². The van der Waals surface area contributed by atoms with Crippen LogP contribution in [0.1, 0.15) is 33.6 Å². The van der Waals surface area contributed by atoms with Gasteiger partial charge in [-0.15, -0.1) is 0 Å². The lowest BCUT2D eigenvalue weighted by Gasteiger charge is -2.41. The van der Waals surface area contributed by atoms with E-state index in [2.05, 4.69) is 5.32 Å². The van der Waals surface area contributed by atoms with E-state index in [4.69, 9.17) is 9.47 Å². The second-order valence-corrected chi connectivity index (χ2v) is 4.59. The molecular weight excluding hydrogens is 234 g/mol. The number of nitrogens with one attached hydrogen (secondary N) is 1. The molecule has 0 saturated carbocycles. The third kappa shape index (κ3) is 4.14. The van der Waals surface area contributed by atoms with Gasteiger partial charge in [-0.05, 0) is 20.3 Å². The molecule has 0 bridgehead atoms. The van der Waals surface area contributed by atoms with Crippen LogP contribution in [0.5, 0.6) is 0 Å². The Labute approximate surface area is 108 Å². The van der Waals surface area contributed by atoms with Gasteiger partial charge in [-0.3, -0.25) is 9.59 Å². The van der Waals surface area contributed by atoms with Crippen LogP contribution in [0.25, 0.3) is 0 Å². The number of allylic oxidation sites excluding steroid dienone is 1. The maximum atomic E-state index is 11.8. The summed E-state index contributed by atoms with van der Waals surface area (Å²) in [6, 6.07) is 0. The molecular formula is C13H21NO4. The Morgan fingerprint density at radius 2 is 2.06 bits per heavy atom. The first kappa shape index (κ1) is 14.7. The smallest absolute Gasteiger partial charge is 0.308 e. The molecule has 0 radical (unpaired) electrons. The third-order valence-electron chi connectivity index (χ3n) is 2.87. The number of hydrogen-bond acceptors (Lipinski definition) is 4. The standard InChI is InChI=1S/C13H21NO4/c1-4-10(3)6-11(15)14-13(8-17-9-13)7-12(16)18-5-2/h6H,4-5,7-9H2,1-3H3,(H,14,15)/b10-6+. The SMILES string of the molecule is CCOC(=O)CC1(NC(=O)/C=C(\C)CC)COC1. The number of amides is 1. The molecule has 1 fully saturated rings. The summed E-state index contributed by atoms with van der Waals surface area (Å²) in [5.41, 5.74) is 0.410. The zero-order chi connectivity index (χ0) is 13.6. The van der Waals surface area contributed by atoms with E-state index in [9.17, 15) is 9.59 Å². The van der Waals surface area contributed by atoms with Crippen LogP contribution in [0.2, 0.25) is 0 Å². The maximum absolute atomic E-state index is 11.8. The second-order valence-electron chi connectivity index (χ2n) is 4.59. The highest BCUT2D eigenvalue weighted by Gasteiger charge is 2.42. The largest absolute Gasteiger partial charge is 0.466 e. The van der Waals surface area contributed by atoms with Crippen LogP contribution in [0.15, 0.2) is 11.6 Å². The maximum Gasteiger partial charge on any atom is 0.308 e. The van der Waals surface area contributed by atoms with Crippen LogP contribution in [-0.2, 0) is 19.1 Å². The van der Waals surface area contributed by atoms with Gasteiger partial charge in [0.15, 0.2) is 0 Å². The molecule has 5 nitrogen and oxygen atoms in total. The van der Waals surface area contributed by atoms with Gasteiger partial charge < -0.3 is 14.8 Å². The molecule has 0 unspecified atom stereocenters. The van der Waals surface area contributed by atoms with Gasteiger partial charge in [0.1, 0.15) is 0 Å². The second kappa shape index (κ2) is 6.54. The summed E-state index contributed by atoms with van der Waals surface area (Å²) < 4.78 is 10.0. The van der Waals surface area contributed by atoms with Gasteiger partial charge in [0.05, 0.1) is 31.8 Å². The first-order chi connectivity index (χ1) is 8.51. The zero-order valence-electron chi connectivity index (χ0n) is 11.2. The van der Waals surface area contributed by atoms with E-state index in [1.54, 1.807) is 13.0 Å². The van der Waals surface area contributed by atoms with Crippen molar-refractivity contribution in [1.29, 1.82) is 0 Å². The van der Waals surface area contributed by atoms with Gasteiger partial charge in [-0.25, -0.2) is 0 Å². The quantitative estimate of drug-likeness (QED) is 0.572. The summed E-state index contributed by atoms with van der Waals surface area (Å²) in [5.74, 6) is -0.487. The van der Waals surface area contributed by atoms with Crippen LogP contribution in [0.4, 0.5) is 0 Å². The molecule has 0 aromatic carbocycles. The Morgan fingerprint density at radius 3 is 2.50 bits per heavy atom. The Balaban J connectivity index is 2.55. The summed E-state index contributed by atoms with van der Waals surface area (Å²) in [4.78, 5) is 23.2. The third-order valence-corrected chi connectivity index (χ3v) is 2.87.